The predicted molar refractivity (Wildman–Crippen MR) is 61.1 cm³/mol. The minimum Gasteiger partial charge on any atom is -0.469 e. The molecular formula is C10H18O7S. The van der Waals surface area contributed by atoms with Gasteiger partial charge in [0, 0.05) is 0 Å². The molecule has 1 fully saturated rings. The minimum absolute atomic E-state index is 0.0784. The fourth-order valence-electron chi connectivity index (χ4n) is 2.28. The minimum atomic E-state index is -4.16. The number of hydrogen-bond acceptors (Lipinski definition) is 6. The second-order valence-corrected chi connectivity index (χ2v) is 6.08. The molecule has 1 aliphatic rings. The maximum atomic E-state index is 11.5. The highest BCUT2D eigenvalue weighted by Gasteiger charge is 2.39. The lowest BCUT2D eigenvalue weighted by molar-refractivity contribution is -0.281. The molecule has 18 heavy (non-hydrogen) atoms. The van der Waals surface area contributed by atoms with E-state index in [0.717, 1.165) is 0 Å². The van der Waals surface area contributed by atoms with Gasteiger partial charge < -0.3 is 4.74 Å². The lowest BCUT2D eigenvalue weighted by atomic mass is 9.81. The Hall–Kier alpha value is -0.700. The summed E-state index contributed by atoms with van der Waals surface area (Å²) in [5.74, 6) is -1.18. The Labute approximate surface area is 106 Å². The standard InChI is InChI=1S/C10H18O7S/c1-15-10(11)8-3-7(6-17-16-2)4-9(5-8)18(12,13)14/h7-9H,3-6H2,1-2H3,(H,12,13,14). The second kappa shape index (κ2) is 6.46. The lowest BCUT2D eigenvalue weighted by Crippen LogP contribution is -2.37. The highest BCUT2D eigenvalue weighted by molar-refractivity contribution is 7.86. The Kier molecular flexibility index (Phi) is 5.51. The third kappa shape index (κ3) is 4.20. The molecular weight excluding hydrogens is 264 g/mol. The quantitative estimate of drug-likeness (QED) is 0.337. The Morgan fingerprint density at radius 1 is 1.28 bits per heavy atom. The third-order valence-corrected chi connectivity index (χ3v) is 4.37. The smallest absolute Gasteiger partial charge is 0.308 e. The Balaban J connectivity index is 2.75. The van der Waals surface area contributed by atoms with E-state index in [0.29, 0.717) is 6.42 Å². The first kappa shape index (κ1) is 15.4. The van der Waals surface area contributed by atoms with Crippen molar-refractivity contribution in [3.05, 3.63) is 0 Å². The number of rotatable bonds is 5. The van der Waals surface area contributed by atoms with Gasteiger partial charge in [0.15, 0.2) is 0 Å². The number of methoxy groups -OCH3 is 1. The van der Waals surface area contributed by atoms with Crippen LogP contribution >= 0.6 is 0 Å². The molecule has 0 amide bonds. The SMILES string of the molecule is COOCC1CC(C(=O)OC)CC(S(=O)(=O)O)C1. The molecule has 0 spiro atoms. The van der Waals surface area contributed by atoms with Crippen molar-refractivity contribution in [2.24, 2.45) is 11.8 Å². The zero-order chi connectivity index (χ0) is 13.8. The monoisotopic (exact) mass is 282 g/mol. The van der Waals surface area contributed by atoms with Crippen molar-refractivity contribution in [1.82, 2.24) is 0 Å². The van der Waals surface area contributed by atoms with Crippen LogP contribution in [0.15, 0.2) is 0 Å². The molecule has 1 saturated carbocycles. The van der Waals surface area contributed by atoms with Crippen LogP contribution in [-0.2, 0) is 29.4 Å². The van der Waals surface area contributed by atoms with Crippen molar-refractivity contribution >= 4 is 16.1 Å². The summed E-state index contributed by atoms with van der Waals surface area (Å²) >= 11 is 0. The van der Waals surface area contributed by atoms with Crippen LogP contribution in [0.1, 0.15) is 19.3 Å². The van der Waals surface area contributed by atoms with Crippen molar-refractivity contribution in [3.8, 4) is 0 Å². The van der Waals surface area contributed by atoms with E-state index < -0.39 is 27.3 Å². The van der Waals surface area contributed by atoms with Gasteiger partial charge in [-0.15, -0.1) is 0 Å². The average molecular weight is 282 g/mol. The van der Waals surface area contributed by atoms with Crippen molar-refractivity contribution in [1.29, 1.82) is 0 Å². The van der Waals surface area contributed by atoms with E-state index in [1.807, 2.05) is 0 Å². The molecule has 106 valence electrons. The van der Waals surface area contributed by atoms with Crippen molar-refractivity contribution in [2.75, 3.05) is 20.8 Å². The van der Waals surface area contributed by atoms with Crippen molar-refractivity contribution in [2.45, 2.75) is 24.5 Å². The summed E-state index contributed by atoms with van der Waals surface area (Å²) in [4.78, 5) is 20.7. The zero-order valence-electron chi connectivity index (χ0n) is 10.4. The van der Waals surface area contributed by atoms with Crippen LogP contribution in [-0.4, -0.2) is 45.0 Å². The van der Waals surface area contributed by atoms with E-state index in [9.17, 15) is 13.2 Å². The van der Waals surface area contributed by atoms with Gasteiger partial charge in [-0.05, 0) is 25.2 Å². The van der Waals surface area contributed by atoms with Gasteiger partial charge >= 0.3 is 5.97 Å². The normalized spacial score (nSPS) is 28.9. The van der Waals surface area contributed by atoms with Crippen LogP contribution in [0, 0.1) is 11.8 Å². The van der Waals surface area contributed by atoms with Gasteiger partial charge in [0.05, 0.1) is 32.0 Å². The van der Waals surface area contributed by atoms with E-state index in [1.54, 1.807) is 0 Å². The van der Waals surface area contributed by atoms with Crippen LogP contribution in [0.5, 0.6) is 0 Å². The summed E-state index contributed by atoms with van der Waals surface area (Å²) in [6.45, 7) is 0.177. The molecule has 0 aliphatic heterocycles. The van der Waals surface area contributed by atoms with Gasteiger partial charge in [0.25, 0.3) is 10.1 Å². The molecule has 0 radical (unpaired) electrons. The van der Waals surface area contributed by atoms with E-state index in [4.69, 9.17) is 9.44 Å². The van der Waals surface area contributed by atoms with Gasteiger partial charge in [-0.1, -0.05) is 0 Å². The summed E-state index contributed by atoms with van der Waals surface area (Å²) in [6.07, 6.45) is 0.784. The Morgan fingerprint density at radius 2 is 1.94 bits per heavy atom. The lowest BCUT2D eigenvalue weighted by Gasteiger charge is -2.31. The molecule has 0 heterocycles. The molecule has 0 saturated heterocycles. The largest absolute Gasteiger partial charge is 0.469 e. The molecule has 7 nitrogen and oxygen atoms in total. The highest BCUT2D eigenvalue weighted by atomic mass is 32.2. The van der Waals surface area contributed by atoms with Gasteiger partial charge in [0.1, 0.15) is 0 Å². The van der Waals surface area contributed by atoms with Crippen molar-refractivity contribution < 1.29 is 32.3 Å². The van der Waals surface area contributed by atoms with E-state index in [-0.39, 0.29) is 25.4 Å². The first-order valence-electron chi connectivity index (χ1n) is 5.58. The number of ether oxygens (including phenoxy) is 1. The molecule has 1 aliphatic carbocycles. The summed E-state index contributed by atoms with van der Waals surface area (Å²) in [6, 6.07) is 0. The molecule has 8 heteroatoms. The van der Waals surface area contributed by atoms with Crippen LogP contribution in [0.25, 0.3) is 0 Å². The van der Waals surface area contributed by atoms with E-state index in [2.05, 4.69) is 9.62 Å². The van der Waals surface area contributed by atoms with Gasteiger partial charge in [0.2, 0.25) is 0 Å². The summed E-state index contributed by atoms with van der Waals surface area (Å²) in [5.41, 5.74) is 0. The molecule has 0 aromatic rings. The van der Waals surface area contributed by atoms with E-state index >= 15 is 0 Å². The number of carbonyl (C=O) groups excluding carboxylic acids is 1. The molecule has 0 aromatic heterocycles. The predicted octanol–water partition coefficient (Wildman–Crippen LogP) is 0.410. The number of esters is 1. The average Bonchev–Trinajstić information content (AvgIpc) is 2.33. The zero-order valence-corrected chi connectivity index (χ0v) is 11.2. The molecule has 3 atom stereocenters. The number of carbonyl (C=O) groups is 1. The van der Waals surface area contributed by atoms with Crippen molar-refractivity contribution in [3.63, 3.8) is 0 Å². The maximum absolute atomic E-state index is 11.5. The van der Waals surface area contributed by atoms with Gasteiger partial charge in [-0.25, -0.2) is 9.78 Å². The summed E-state index contributed by atoms with van der Waals surface area (Å²) in [5, 5.41) is -0.958. The first-order chi connectivity index (χ1) is 8.38. The Bertz CT molecular complexity index is 378. The van der Waals surface area contributed by atoms with Gasteiger partial charge in [-0.2, -0.15) is 8.42 Å². The van der Waals surface area contributed by atoms with Crippen LogP contribution in [0.3, 0.4) is 0 Å². The topological polar surface area (TPSA) is 99.1 Å². The molecule has 3 unspecified atom stereocenters. The molecule has 0 bridgehead atoms. The first-order valence-corrected chi connectivity index (χ1v) is 7.08. The molecule has 1 rings (SSSR count). The fourth-order valence-corrected chi connectivity index (χ4v) is 3.27. The molecule has 0 aromatic carbocycles. The van der Waals surface area contributed by atoms with Gasteiger partial charge in [-0.3, -0.25) is 9.35 Å². The maximum Gasteiger partial charge on any atom is 0.308 e. The second-order valence-electron chi connectivity index (χ2n) is 4.38. The molecule has 1 N–H and O–H groups in total. The fraction of sp³-hybridized carbons (Fsp3) is 0.900. The number of hydrogen-bond donors (Lipinski definition) is 1. The van der Waals surface area contributed by atoms with Crippen LogP contribution in [0.4, 0.5) is 0 Å². The van der Waals surface area contributed by atoms with E-state index in [1.165, 1.54) is 14.2 Å². The van der Waals surface area contributed by atoms with Crippen LogP contribution < -0.4 is 0 Å². The Morgan fingerprint density at radius 3 is 2.44 bits per heavy atom. The highest BCUT2D eigenvalue weighted by Crippen LogP contribution is 2.33. The third-order valence-electron chi connectivity index (χ3n) is 3.14. The summed E-state index contributed by atoms with van der Waals surface area (Å²) in [7, 11) is -1.56. The summed E-state index contributed by atoms with van der Waals surface area (Å²) < 4.78 is 36.1. The van der Waals surface area contributed by atoms with Crippen LogP contribution in [0.2, 0.25) is 0 Å².